The molecule has 1 aromatic heterocycles. The maximum atomic E-state index is 11.7. The number of nitrogens with one attached hydrogen (secondary N) is 1. The molecule has 2 heterocycles. The first-order valence-electron chi connectivity index (χ1n) is 5.68. The van der Waals surface area contributed by atoms with Gasteiger partial charge in [0.25, 0.3) is 0 Å². The van der Waals surface area contributed by atoms with E-state index in [2.05, 4.69) is 21.6 Å². The lowest BCUT2D eigenvalue weighted by atomic mass is 10.1. The molecular formula is C13H9N5O. The average molecular weight is 251 g/mol. The van der Waals surface area contributed by atoms with Gasteiger partial charge in [-0.25, -0.2) is 0 Å². The highest BCUT2D eigenvalue weighted by atomic mass is 16.2. The van der Waals surface area contributed by atoms with Gasteiger partial charge in [0.05, 0.1) is 23.1 Å². The Hall–Kier alpha value is -2.94. The van der Waals surface area contributed by atoms with Crippen LogP contribution in [0.4, 0.5) is 17.2 Å². The summed E-state index contributed by atoms with van der Waals surface area (Å²) < 4.78 is 0. The van der Waals surface area contributed by atoms with E-state index in [4.69, 9.17) is 5.26 Å². The molecule has 6 heteroatoms. The van der Waals surface area contributed by atoms with Crippen molar-refractivity contribution in [3.8, 4) is 6.07 Å². The summed E-state index contributed by atoms with van der Waals surface area (Å²) in [4.78, 5) is 13.4. The monoisotopic (exact) mass is 251 g/mol. The number of rotatable bonds is 1. The largest absolute Gasteiger partial charge is 0.323 e. The number of nitrogens with zero attached hydrogens (tertiary/aromatic N) is 4. The van der Waals surface area contributed by atoms with E-state index < -0.39 is 0 Å². The zero-order valence-corrected chi connectivity index (χ0v) is 9.87. The van der Waals surface area contributed by atoms with Gasteiger partial charge < -0.3 is 10.2 Å². The van der Waals surface area contributed by atoms with Gasteiger partial charge in [-0.3, -0.25) is 4.79 Å². The number of carbonyl (C=O) groups is 1. The Morgan fingerprint density at radius 3 is 3.00 bits per heavy atom. The van der Waals surface area contributed by atoms with E-state index in [-0.39, 0.29) is 12.5 Å². The third-order valence-corrected chi connectivity index (χ3v) is 2.85. The van der Waals surface area contributed by atoms with Gasteiger partial charge in [-0.2, -0.15) is 10.4 Å². The predicted molar refractivity (Wildman–Crippen MR) is 68.8 cm³/mol. The van der Waals surface area contributed by atoms with Gasteiger partial charge in [0.15, 0.2) is 5.82 Å². The molecule has 0 bridgehead atoms. The summed E-state index contributed by atoms with van der Waals surface area (Å²) in [6, 6.07) is 11.0. The molecule has 92 valence electrons. The quantitative estimate of drug-likeness (QED) is 0.829. The molecule has 1 aliphatic heterocycles. The second-order valence-corrected chi connectivity index (χ2v) is 4.03. The number of hydrogen-bond donors (Lipinski definition) is 1. The zero-order valence-electron chi connectivity index (χ0n) is 9.87. The number of carbonyl (C=O) groups excluding carboxylic acids is 1. The van der Waals surface area contributed by atoms with Gasteiger partial charge in [-0.15, -0.1) is 5.10 Å². The van der Waals surface area contributed by atoms with Crippen molar-refractivity contribution in [3.05, 3.63) is 42.1 Å². The van der Waals surface area contributed by atoms with Gasteiger partial charge in [-0.05, 0) is 18.2 Å². The second-order valence-electron chi connectivity index (χ2n) is 4.03. The minimum Gasteiger partial charge on any atom is -0.323 e. The summed E-state index contributed by atoms with van der Waals surface area (Å²) in [5.74, 6) is 0.251. The van der Waals surface area contributed by atoms with Crippen molar-refractivity contribution in [3.63, 3.8) is 0 Å². The van der Waals surface area contributed by atoms with Crippen molar-refractivity contribution in [2.45, 2.75) is 0 Å². The van der Waals surface area contributed by atoms with Crippen molar-refractivity contribution in [2.75, 3.05) is 16.8 Å². The topological polar surface area (TPSA) is 81.9 Å². The lowest BCUT2D eigenvalue weighted by molar-refractivity contribution is -0.115. The van der Waals surface area contributed by atoms with E-state index in [1.807, 2.05) is 24.3 Å². The Balaban J connectivity index is 2.16. The molecular weight excluding hydrogens is 242 g/mol. The molecule has 19 heavy (non-hydrogen) atoms. The molecule has 0 aliphatic carbocycles. The van der Waals surface area contributed by atoms with Crippen molar-refractivity contribution in [1.82, 2.24) is 10.2 Å². The lowest BCUT2D eigenvalue weighted by Crippen LogP contribution is -2.35. The fourth-order valence-corrected chi connectivity index (χ4v) is 2.03. The highest BCUT2D eigenvalue weighted by Crippen LogP contribution is 2.34. The first kappa shape index (κ1) is 11.2. The smallest absolute Gasteiger partial charge is 0.244 e. The van der Waals surface area contributed by atoms with E-state index in [0.29, 0.717) is 17.1 Å². The number of para-hydroxylation sites is 2. The summed E-state index contributed by atoms with van der Waals surface area (Å²) in [5, 5.41) is 19.7. The van der Waals surface area contributed by atoms with Crippen molar-refractivity contribution < 1.29 is 4.79 Å². The first-order chi connectivity index (χ1) is 9.29. The van der Waals surface area contributed by atoms with Crippen LogP contribution in [0.15, 0.2) is 36.5 Å². The number of anilines is 3. The van der Waals surface area contributed by atoms with Crippen LogP contribution < -0.4 is 10.2 Å². The Morgan fingerprint density at radius 1 is 1.32 bits per heavy atom. The van der Waals surface area contributed by atoms with Crippen molar-refractivity contribution >= 4 is 23.1 Å². The molecule has 0 radical (unpaired) electrons. The normalized spacial score (nSPS) is 13.4. The maximum absolute atomic E-state index is 11.7. The molecule has 1 N–H and O–H groups in total. The van der Waals surface area contributed by atoms with Crippen LogP contribution >= 0.6 is 0 Å². The van der Waals surface area contributed by atoms with Crippen LogP contribution in [0.25, 0.3) is 0 Å². The zero-order chi connectivity index (χ0) is 13.2. The number of hydrogen-bond acceptors (Lipinski definition) is 5. The third kappa shape index (κ3) is 1.87. The number of aromatic nitrogens is 2. The fraction of sp³-hybridized carbons (Fsp3) is 0.0769. The Bertz CT molecular complexity index is 691. The molecule has 1 aliphatic rings. The Labute approximate surface area is 109 Å². The summed E-state index contributed by atoms with van der Waals surface area (Å²) in [5.41, 5.74) is 1.90. The molecule has 1 amide bonds. The summed E-state index contributed by atoms with van der Waals surface area (Å²) in [6.45, 7) is 0.115. The number of nitriles is 1. The minimum absolute atomic E-state index is 0.115. The summed E-state index contributed by atoms with van der Waals surface area (Å²) >= 11 is 0. The maximum Gasteiger partial charge on any atom is 0.244 e. The van der Waals surface area contributed by atoms with Crippen LogP contribution in [-0.2, 0) is 4.79 Å². The highest BCUT2D eigenvalue weighted by molar-refractivity contribution is 6.03. The van der Waals surface area contributed by atoms with Gasteiger partial charge in [-0.1, -0.05) is 12.1 Å². The second kappa shape index (κ2) is 4.38. The molecule has 0 saturated heterocycles. The summed E-state index contributed by atoms with van der Waals surface area (Å²) in [6.07, 6.45) is 1.46. The molecule has 0 unspecified atom stereocenters. The minimum atomic E-state index is -0.145. The predicted octanol–water partition coefficient (Wildman–Crippen LogP) is 1.44. The van der Waals surface area contributed by atoms with Crippen LogP contribution in [0.1, 0.15) is 5.56 Å². The standard InChI is InChI=1S/C13H9N5O/c14-7-9-5-6-15-17-13(9)18-8-12(19)16-10-3-1-2-4-11(10)18/h1-6H,8H2,(H,16,19). The molecule has 0 atom stereocenters. The molecule has 6 nitrogen and oxygen atoms in total. The van der Waals surface area contributed by atoms with Gasteiger partial charge in [0.2, 0.25) is 5.91 Å². The summed E-state index contributed by atoms with van der Waals surface area (Å²) in [7, 11) is 0. The van der Waals surface area contributed by atoms with Gasteiger partial charge in [0.1, 0.15) is 12.6 Å². The van der Waals surface area contributed by atoms with Crippen LogP contribution in [0.2, 0.25) is 0 Å². The van der Waals surface area contributed by atoms with E-state index >= 15 is 0 Å². The number of amides is 1. The van der Waals surface area contributed by atoms with Gasteiger partial charge >= 0.3 is 0 Å². The molecule has 0 saturated carbocycles. The average Bonchev–Trinajstić information content (AvgIpc) is 2.46. The molecule has 3 rings (SSSR count). The fourth-order valence-electron chi connectivity index (χ4n) is 2.03. The third-order valence-electron chi connectivity index (χ3n) is 2.85. The SMILES string of the molecule is N#Cc1ccnnc1N1CC(=O)Nc2ccccc21. The molecule has 1 aromatic carbocycles. The van der Waals surface area contributed by atoms with E-state index in [0.717, 1.165) is 5.69 Å². The lowest BCUT2D eigenvalue weighted by Gasteiger charge is -2.29. The number of fused-ring (bicyclic) bond motifs is 1. The molecule has 2 aromatic rings. The van der Waals surface area contributed by atoms with Crippen LogP contribution in [0, 0.1) is 11.3 Å². The number of benzene rings is 1. The first-order valence-corrected chi connectivity index (χ1v) is 5.68. The Morgan fingerprint density at radius 2 is 2.16 bits per heavy atom. The van der Waals surface area contributed by atoms with Crippen LogP contribution in [0.5, 0.6) is 0 Å². The highest BCUT2D eigenvalue weighted by Gasteiger charge is 2.25. The van der Waals surface area contributed by atoms with Gasteiger partial charge in [0, 0.05) is 0 Å². The van der Waals surface area contributed by atoms with E-state index in [1.165, 1.54) is 6.20 Å². The molecule has 0 spiro atoms. The van der Waals surface area contributed by atoms with Crippen LogP contribution in [0.3, 0.4) is 0 Å². The Kier molecular flexibility index (Phi) is 2.58. The van der Waals surface area contributed by atoms with Crippen molar-refractivity contribution in [1.29, 1.82) is 5.26 Å². The van der Waals surface area contributed by atoms with Crippen molar-refractivity contribution in [2.24, 2.45) is 0 Å². The molecule has 0 fully saturated rings. The van der Waals surface area contributed by atoms with E-state index in [9.17, 15) is 4.79 Å². The van der Waals surface area contributed by atoms with Crippen LogP contribution in [-0.4, -0.2) is 22.6 Å². The van der Waals surface area contributed by atoms with E-state index in [1.54, 1.807) is 11.0 Å².